The molecule has 1 saturated heterocycles. The smallest absolute Gasteiger partial charge is 0.276 e. The lowest BCUT2D eigenvalue weighted by molar-refractivity contribution is 0.0980. The van der Waals surface area contributed by atoms with Crippen LogP contribution in [0.3, 0.4) is 0 Å². The normalized spacial score (nSPS) is 16.3. The van der Waals surface area contributed by atoms with Gasteiger partial charge in [-0.15, -0.1) is 0 Å². The number of piperazine rings is 1. The SMILES string of the molecule is O=C(c1ccc(N2CCN(c3ccccc3)CC2)cn1)N1CCCc2ccccc21. The standard InChI is InChI=1S/C25H26N4O/c30-25(29-14-6-8-20-7-4-5-11-24(20)29)23-13-12-22(19-26-23)28-17-15-27(16-18-28)21-9-2-1-3-10-21/h1-5,7,9-13,19H,6,8,14-18H2. The molecule has 1 amide bonds. The second-order valence-electron chi connectivity index (χ2n) is 7.90. The molecule has 0 atom stereocenters. The Morgan fingerprint density at radius 1 is 0.733 bits per heavy atom. The van der Waals surface area contributed by atoms with Gasteiger partial charge in [-0.3, -0.25) is 4.79 Å². The van der Waals surface area contributed by atoms with Gasteiger partial charge in [0.1, 0.15) is 5.69 Å². The third-order valence-corrected chi connectivity index (χ3v) is 6.09. The van der Waals surface area contributed by atoms with Crippen molar-refractivity contribution in [3.05, 3.63) is 84.2 Å². The summed E-state index contributed by atoms with van der Waals surface area (Å²) < 4.78 is 0. The van der Waals surface area contributed by atoms with Crippen molar-refractivity contribution in [1.82, 2.24) is 4.98 Å². The largest absolute Gasteiger partial charge is 0.368 e. The molecule has 0 radical (unpaired) electrons. The molecular formula is C25H26N4O. The molecule has 5 heteroatoms. The first kappa shape index (κ1) is 18.7. The molecule has 0 aliphatic carbocycles. The van der Waals surface area contributed by atoms with Gasteiger partial charge in [-0.1, -0.05) is 36.4 Å². The molecule has 152 valence electrons. The Kier molecular flexibility index (Phi) is 5.10. The van der Waals surface area contributed by atoms with E-state index in [-0.39, 0.29) is 5.91 Å². The highest BCUT2D eigenvalue weighted by Crippen LogP contribution is 2.28. The van der Waals surface area contributed by atoms with Crippen molar-refractivity contribution in [1.29, 1.82) is 0 Å². The third kappa shape index (κ3) is 3.63. The molecule has 0 N–H and O–H groups in total. The van der Waals surface area contributed by atoms with Crippen LogP contribution in [0.1, 0.15) is 22.5 Å². The third-order valence-electron chi connectivity index (χ3n) is 6.09. The number of rotatable bonds is 3. The highest BCUT2D eigenvalue weighted by Gasteiger charge is 2.24. The Bertz CT molecular complexity index is 1010. The summed E-state index contributed by atoms with van der Waals surface area (Å²) in [7, 11) is 0. The first-order valence-electron chi connectivity index (χ1n) is 10.7. The molecule has 30 heavy (non-hydrogen) atoms. The van der Waals surface area contributed by atoms with E-state index in [0.717, 1.165) is 56.9 Å². The number of nitrogens with zero attached hydrogens (tertiary/aromatic N) is 4. The van der Waals surface area contributed by atoms with E-state index >= 15 is 0 Å². The Hall–Kier alpha value is -3.34. The number of benzene rings is 2. The van der Waals surface area contributed by atoms with E-state index in [0.29, 0.717) is 5.69 Å². The van der Waals surface area contributed by atoms with Crippen LogP contribution < -0.4 is 14.7 Å². The zero-order chi connectivity index (χ0) is 20.3. The van der Waals surface area contributed by atoms with E-state index in [9.17, 15) is 4.79 Å². The number of carbonyl (C=O) groups excluding carboxylic acids is 1. The van der Waals surface area contributed by atoms with Gasteiger partial charge >= 0.3 is 0 Å². The van der Waals surface area contributed by atoms with E-state index in [4.69, 9.17) is 0 Å². The van der Waals surface area contributed by atoms with E-state index in [2.05, 4.69) is 51.2 Å². The maximum Gasteiger partial charge on any atom is 0.276 e. The van der Waals surface area contributed by atoms with Crippen LogP contribution >= 0.6 is 0 Å². The number of para-hydroxylation sites is 2. The number of carbonyl (C=O) groups is 1. The van der Waals surface area contributed by atoms with Crippen LogP contribution in [-0.4, -0.2) is 43.6 Å². The summed E-state index contributed by atoms with van der Waals surface area (Å²) in [6, 6.07) is 22.6. The van der Waals surface area contributed by atoms with Crippen molar-refractivity contribution in [2.75, 3.05) is 47.4 Å². The fourth-order valence-corrected chi connectivity index (χ4v) is 4.44. The zero-order valence-corrected chi connectivity index (χ0v) is 17.1. The lowest BCUT2D eigenvalue weighted by Gasteiger charge is -2.37. The van der Waals surface area contributed by atoms with Crippen LogP contribution in [0, 0.1) is 0 Å². The molecule has 2 aromatic carbocycles. The second kappa shape index (κ2) is 8.19. The van der Waals surface area contributed by atoms with Gasteiger partial charge in [0.15, 0.2) is 0 Å². The number of aryl methyl sites for hydroxylation is 1. The molecule has 0 bridgehead atoms. The maximum atomic E-state index is 13.1. The van der Waals surface area contributed by atoms with Crippen molar-refractivity contribution in [3.8, 4) is 0 Å². The van der Waals surface area contributed by atoms with E-state index in [1.165, 1.54) is 11.3 Å². The Labute approximate surface area is 177 Å². The van der Waals surface area contributed by atoms with Crippen molar-refractivity contribution in [2.45, 2.75) is 12.8 Å². The summed E-state index contributed by atoms with van der Waals surface area (Å²) in [5.74, 6) is -0.0115. The first-order valence-corrected chi connectivity index (χ1v) is 10.7. The number of fused-ring (bicyclic) bond motifs is 1. The van der Waals surface area contributed by atoms with Gasteiger partial charge in [0.2, 0.25) is 0 Å². The molecular weight excluding hydrogens is 372 g/mol. The molecule has 0 spiro atoms. The number of aromatic nitrogens is 1. The highest BCUT2D eigenvalue weighted by atomic mass is 16.2. The molecule has 3 aromatic rings. The van der Waals surface area contributed by atoms with Crippen LogP contribution in [-0.2, 0) is 6.42 Å². The fraction of sp³-hybridized carbons (Fsp3) is 0.280. The van der Waals surface area contributed by atoms with Crippen molar-refractivity contribution < 1.29 is 4.79 Å². The average molecular weight is 399 g/mol. The van der Waals surface area contributed by atoms with Crippen molar-refractivity contribution in [2.24, 2.45) is 0 Å². The molecule has 1 fully saturated rings. The maximum absolute atomic E-state index is 13.1. The molecule has 5 rings (SSSR count). The van der Waals surface area contributed by atoms with Gasteiger partial charge in [0.05, 0.1) is 11.9 Å². The van der Waals surface area contributed by atoms with Crippen LogP contribution in [0.15, 0.2) is 72.9 Å². The lowest BCUT2D eigenvalue weighted by atomic mass is 10.0. The van der Waals surface area contributed by atoms with Gasteiger partial charge < -0.3 is 14.7 Å². The van der Waals surface area contributed by atoms with Crippen LogP contribution in [0.25, 0.3) is 0 Å². The summed E-state index contributed by atoms with van der Waals surface area (Å²) in [4.78, 5) is 24.3. The van der Waals surface area contributed by atoms with Crippen LogP contribution in [0.5, 0.6) is 0 Å². The Morgan fingerprint density at radius 2 is 1.43 bits per heavy atom. The molecule has 2 aliphatic heterocycles. The van der Waals surface area contributed by atoms with E-state index < -0.39 is 0 Å². The van der Waals surface area contributed by atoms with E-state index in [1.54, 1.807) is 0 Å². The molecule has 0 unspecified atom stereocenters. The minimum atomic E-state index is -0.0115. The summed E-state index contributed by atoms with van der Waals surface area (Å²) in [5.41, 5.74) is 5.14. The molecule has 3 heterocycles. The van der Waals surface area contributed by atoms with Crippen LogP contribution in [0.2, 0.25) is 0 Å². The van der Waals surface area contributed by atoms with Gasteiger partial charge in [-0.05, 0) is 48.7 Å². The van der Waals surface area contributed by atoms with E-state index in [1.807, 2.05) is 41.4 Å². The van der Waals surface area contributed by atoms with Crippen molar-refractivity contribution in [3.63, 3.8) is 0 Å². The average Bonchev–Trinajstić information content (AvgIpc) is 2.84. The summed E-state index contributed by atoms with van der Waals surface area (Å²) in [6.07, 6.45) is 3.87. The Morgan fingerprint density at radius 3 is 2.17 bits per heavy atom. The number of anilines is 3. The topological polar surface area (TPSA) is 39.7 Å². The summed E-state index contributed by atoms with van der Waals surface area (Å²) in [5, 5.41) is 0. The van der Waals surface area contributed by atoms with Gasteiger partial charge in [0.25, 0.3) is 5.91 Å². The fourth-order valence-electron chi connectivity index (χ4n) is 4.44. The summed E-state index contributed by atoms with van der Waals surface area (Å²) >= 11 is 0. The number of amides is 1. The molecule has 2 aliphatic rings. The number of pyridine rings is 1. The minimum absolute atomic E-state index is 0.0115. The predicted molar refractivity (Wildman–Crippen MR) is 122 cm³/mol. The van der Waals surface area contributed by atoms with Crippen molar-refractivity contribution >= 4 is 23.0 Å². The highest BCUT2D eigenvalue weighted by molar-refractivity contribution is 6.05. The Balaban J connectivity index is 1.26. The zero-order valence-electron chi connectivity index (χ0n) is 17.1. The minimum Gasteiger partial charge on any atom is -0.368 e. The molecule has 0 saturated carbocycles. The molecule has 5 nitrogen and oxygen atoms in total. The molecule has 1 aromatic heterocycles. The monoisotopic (exact) mass is 398 g/mol. The number of hydrogen-bond acceptors (Lipinski definition) is 4. The lowest BCUT2D eigenvalue weighted by Crippen LogP contribution is -2.46. The van der Waals surface area contributed by atoms with Crippen LogP contribution in [0.4, 0.5) is 17.1 Å². The first-order chi connectivity index (χ1) is 14.8. The van der Waals surface area contributed by atoms with Gasteiger partial charge in [-0.2, -0.15) is 0 Å². The van der Waals surface area contributed by atoms with Gasteiger partial charge in [-0.25, -0.2) is 4.98 Å². The summed E-state index contributed by atoms with van der Waals surface area (Å²) in [6.45, 7) is 4.61. The second-order valence-corrected chi connectivity index (χ2v) is 7.90. The number of hydrogen-bond donors (Lipinski definition) is 0. The quantitative estimate of drug-likeness (QED) is 0.669. The van der Waals surface area contributed by atoms with Gasteiger partial charge in [0, 0.05) is 44.1 Å². The predicted octanol–water partition coefficient (Wildman–Crippen LogP) is 4.00.